The van der Waals surface area contributed by atoms with Gasteiger partial charge in [-0.25, -0.2) is 32.0 Å². The molecule has 0 bridgehead atoms. The molecule has 0 radical (unpaired) electrons. The Kier molecular flexibility index (Phi) is 8.87. The molecule has 0 amide bonds. The lowest BCUT2D eigenvalue weighted by Gasteiger charge is -2.19. The van der Waals surface area contributed by atoms with Crippen molar-refractivity contribution in [2.75, 3.05) is 0 Å². The highest BCUT2D eigenvalue weighted by Gasteiger charge is 2.32. The van der Waals surface area contributed by atoms with Gasteiger partial charge < -0.3 is 0 Å². The summed E-state index contributed by atoms with van der Waals surface area (Å²) in [4.78, 5) is 4.91. The zero-order valence-electron chi connectivity index (χ0n) is 17.8. The molecule has 33 heavy (non-hydrogen) atoms. The third-order valence-electron chi connectivity index (χ3n) is 4.92. The summed E-state index contributed by atoms with van der Waals surface area (Å²) in [5, 5.41) is 1.33. The standard InChI is InChI=1S/C21H23N2O2S3.ClHO4/c1-16-10-12-18(13-11-16)28(24,25)19-20(23-14-6-3-7-15-23)27-21(22-19)26-17-8-4-2-5-9-17;2-1(3,4)5/h3,6-7,10-15,17H,2,4-5,8-9H2,1H3;(H,2,3,4,5)/q+1;/p-1. The van der Waals surface area contributed by atoms with Gasteiger partial charge >= 0.3 is 5.00 Å². The average molecular weight is 531 g/mol. The van der Waals surface area contributed by atoms with Crippen LogP contribution in [-0.4, -0.2) is 18.7 Å². The molecule has 3 aromatic rings. The van der Waals surface area contributed by atoms with Crippen molar-refractivity contribution >= 4 is 32.9 Å². The van der Waals surface area contributed by atoms with Crippen LogP contribution in [0.5, 0.6) is 0 Å². The zero-order chi connectivity index (χ0) is 24.1. The summed E-state index contributed by atoms with van der Waals surface area (Å²) in [6.07, 6.45) is 9.90. The van der Waals surface area contributed by atoms with E-state index in [-0.39, 0.29) is 9.92 Å². The Morgan fingerprint density at radius 3 is 2.15 bits per heavy atom. The molecule has 0 spiro atoms. The number of aromatic nitrogens is 2. The van der Waals surface area contributed by atoms with Gasteiger partial charge in [-0.3, -0.25) is 0 Å². The molecule has 0 unspecified atom stereocenters. The molecule has 12 heteroatoms. The first-order chi connectivity index (χ1) is 15.5. The van der Waals surface area contributed by atoms with Crippen LogP contribution in [0.1, 0.15) is 37.7 Å². The number of nitrogens with zero attached hydrogens (tertiary/aromatic N) is 2. The van der Waals surface area contributed by atoms with Gasteiger partial charge in [-0.1, -0.05) is 54.8 Å². The van der Waals surface area contributed by atoms with Crippen molar-refractivity contribution in [2.24, 2.45) is 0 Å². The van der Waals surface area contributed by atoms with E-state index in [1.807, 2.05) is 54.2 Å². The molecule has 1 aliphatic carbocycles. The molecule has 0 atom stereocenters. The fourth-order valence-corrected chi connectivity index (χ4v) is 7.69. The fraction of sp³-hybridized carbons (Fsp3) is 0.333. The number of hydrogen-bond acceptors (Lipinski definition) is 9. The average Bonchev–Trinajstić information content (AvgIpc) is 3.19. The molecular formula is C21H23ClN2O6S3. The van der Waals surface area contributed by atoms with Gasteiger partial charge in [0.15, 0.2) is 16.7 Å². The summed E-state index contributed by atoms with van der Waals surface area (Å²) in [5.74, 6) is 0. The molecular weight excluding hydrogens is 508 g/mol. The first-order valence-corrected chi connectivity index (χ1v) is 14.5. The van der Waals surface area contributed by atoms with E-state index in [1.54, 1.807) is 23.9 Å². The smallest absolute Gasteiger partial charge is 0.222 e. The van der Waals surface area contributed by atoms with Gasteiger partial charge in [-0.2, -0.15) is 4.57 Å². The quantitative estimate of drug-likeness (QED) is 0.426. The molecule has 2 heterocycles. The maximum atomic E-state index is 13.4. The van der Waals surface area contributed by atoms with E-state index in [9.17, 15) is 8.42 Å². The van der Waals surface area contributed by atoms with Crippen molar-refractivity contribution in [3.63, 3.8) is 0 Å². The van der Waals surface area contributed by atoms with Gasteiger partial charge in [0.05, 0.1) is 4.90 Å². The molecule has 0 saturated heterocycles. The highest BCUT2D eigenvalue weighted by molar-refractivity contribution is 8.01. The van der Waals surface area contributed by atoms with E-state index >= 15 is 0 Å². The Labute approximate surface area is 203 Å². The molecule has 2 aromatic heterocycles. The third-order valence-corrected chi connectivity index (χ3v) is 9.23. The van der Waals surface area contributed by atoms with Crippen LogP contribution in [0.25, 0.3) is 5.00 Å². The molecule has 8 nitrogen and oxygen atoms in total. The first kappa shape index (κ1) is 26.0. The Bertz CT molecular complexity index is 1140. The van der Waals surface area contributed by atoms with Gasteiger partial charge in [-0.05, 0) is 43.2 Å². The number of hydrogen-bond donors (Lipinski definition) is 0. The van der Waals surface area contributed by atoms with Crippen molar-refractivity contribution in [2.45, 2.75) is 58.5 Å². The Morgan fingerprint density at radius 2 is 1.58 bits per heavy atom. The second-order valence-electron chi connectivity index (χ2n) is 7.45. The van der Waals surface area contributed by atoms with Crippen LogP contribution in [-0.2, 0) is 9.84 Å². The minimum absolute atomic E-state index is 0.149. The molecule has 4 rings (SSSR count). The largest absolute Gasteiger partial charge is 0.307 e. The summed E-state index contributed by atoms with van der Waals surface area (Å²) in [6.45, 7) is 1.95. The molecule has 0 aliphatic heterocycles. The minimum atomic E-state index is -4.94. The number of rotatable bonds is 5. The lowest BCUT2D eigenvalue weighted by atomic mass is 10.0. The van der Waals surface area contributed by atoms with Crippen LogP contribution in [0.4, 0.5) is 0 Å². The Balaban J connectivity index is 0.000000555. The second-order valence-corrected chi connectivity index (χ2v) is 12.6. The fourth-order valence-electron chi connectivity index (χ4n) is 3.36. The number of sulfone groups is 1. The van der Waals surface area contributed by atoms with Crippen molar-refractivity contribution in [3.8, 4) is 5.00 Å². The van der Waals surface area contributed by atoms with Gasteiger partial charge in [0.1, 0.15) is 0 Å². The van der Waals surface area contributed by atoms with E-state index in [4.69, 9.17) is 18.6 Å². The maximum Gasteiger partial charge on any atom is 0.307 e. The van der Waals surface area contributed by atoms with Crippen LogP contribution in [0, 0.1) is 17.2 Å². The number of thioether (sulfide) groups is 1. The number of benzene rings is 1. The number of pyridine rings is 1. The SMILES string of the molecule is Cc1ccc(S(=O)(=O)c2nc(SC3CCCCC3)sc2-[n+]2ccccc2)cc1.[O-][Cl+3]([O-])([O-])[O-]. The highest BCUT2D eigenvalue weighted by Crippen LogP contribution is 2.39. The van der Waals surface area contributed by atoms with Crippen LogP contribution < -0.4 is 23.2 Å². The topological polar surface area (TPSA) is 143 Å². The molecule has 1 saturated carbocycles. The van der Waals surface area contributed by atoms with E-state index in [0.717, 1.165) is 9.90 Å². The van der Waals surface area contributed by atoms with E-state index in [1.165, 1.54) is 43.4 Å². The number of halogens is 1. The van der Waals surface area contributed by atoms with Crippen LogP contribution in [0.2, 0.25) is 0 Å². The normalized spacial score (nSPS) is 15.1. The van der Waals surface area contributed by atoms with Crippen LogP contribution in [0.3, 0.4) is 0 Å². The summed E-state index contributed by atoms with van der Waals surface area (Å²) >= 11 is 3.20. The lowest BCUT2D eigenvalue weighted by molar-refractivity contribution is -2.00. The molecule has 178 valence electrons. The van der Waals surface area contributed by atoms with Crippen LogP contribution >= 0.6 is 23.1 Å². The van der Waals surface area contributed by atoms with Gasteiger partial charge in [0.2, 0.25) is 14.9 Å². The highest BCUT2D eigenvalue weighted by atomic mass is 35.7. The predicted molar refractivity (Wildman–Crippen MR) is 113 cm³/mol. The summed E-state index contributed by atoms with van der Waals surface area (Å²) < 4.78 is 63.4. The maximum absolute atomic E-state index is 13.4. The van der Waals surface area contributed by atoms with Crippen molar-refractivity contribution in [1.29, 1.82) is 0 Å². The Hall–Kier alpha value is -1.57. The monoisotopic (exact) mass is 530 g/mol. The van der Waals surface area contributed by atoms with E-state index < -0.39 is 20.1 Å². The van der Waals surface area contributed by atoms with Crippen molar-refractivity contribution < 1.29 is 41.9 Å². The molecule has 1 aliphatic rings. The third kappa shape index (κ3) is 7.72. The zero-order valence-corrected chi connectivity index (χ0v) is 21.0. The second kappa shape index (κ2) is 11.2. The van der Waals surface area contributed by atoms with Crippen molar-refractivity contribution in [1.82, 2.24) is 4.98 Å². The summed E-state index contributed by atoms with van der Waals surface area (Å²) in [6, 6.07) is 12.7. The van der Waals surface area contributed by atoms with Gasteiger partial charge in [0, 0.05) is 17.4 Å². The van der Waals surface area contributed by atoms with Crippen LogP contribution in [0.15, 0.2) is 69.1 Å². The summed E-state index contributed by atoms with van der Waals surface area (Å²) in [7, 11) is -8.63. The molecule has 1 aromatic carbocycles. The van der Waals surface area contributed by atoms with E-state index in [2.05, 4.69) is 4.98 Å². The van der Waals surface area contributed by atoms with Gasteiger partial charge in [-0.15, -0.1) is 10.2 Å². The first-order valence-electron chi connectivity index (χ1n) is 10.1. The number of aryl methyl sites for hydroxylation is 1. The molecule has 0 N–H and O–H groups in total. The van der Waals surface area contributed by atoms with Gasteiger partial charge in [0.25, 0.3) is 0 Å². The molecule has 1 fully saturated rings. The minimum Gasteiger partial charge on any atom is -0.222 e. The van der Waals surface area contributed by atoms with E-state index in [0.29, 0.717) is 10.3 Å². The Morgan fingerprint density at radius 1 is 1.00 bits per heavy atom. The lowest BCUT2D eigenvalue weighted by Crippen LogP contribution is -2.68. The predicted octanol–water partition coefficient (Wildman–Crippen LogP) is 0.230. The number of thiazole rings is 1. The van der Waals surface area contributed by atoms with Crippen molar-refractivity contribution in [3.05, 3.63) is 60.4 Å². The summed E-state index contributed by atoms with van der Waals surface area (Å²) in [5.41, 5.74) is 1.03.